The Labute approximate surface area is 132 Å². The molecule has 0 fully saturated rings. The summed E-state index contributed by atoms with van der Waals surface area (Å²) in [6.07, 6.45) is 0. The SMILES string of the molecule is CCOC(=O)C(C(=O)NCc1ccccc1)=C1SC=CS1. The molecule has 0 aliphatic carbocycles. The fourth-order valence-corrected chi connectivity index (χ4v) is 3.50. The van der Waals surface area contributed by atoms with Crippen LogP contribution in [0.4, 0.5) is 0 Å². The average Bonchev–Trinajstić information content (AvgIpc) is 3.00. The van der Waals surface area contributed by atoms with Crippen LogP contribution >= 0.6 is 23.5 Å². The second kappa shape index (κ2) is 7.95. The summed E-state index contributed by atoms with van der Waals surface area (Å²) in [4.78, 5) is 24.3. The van der Waals surface area contributed by atoms with Crippen LogP contribution in [0.3, 0.4) is 0 Å². The Morgan fingerprint density at radius 2 is 1.81 bits per heavy atom. The van der Waals surface area contributed by atoms with Crippen LogP contribution in [0, 0.1) is 0 Å². The second-order valence-electron chi connectivity index (χ2n) is 4.06. The lowest BCUT2D eigenvalue weighted by molar-refractivity contribution is -0.140. The molecule has 0 spiro atoms. The van der Waals surface area contributed by atoms with Crippen LogP contribution in [-0.2, 0) is 20.9 Å². The van der Waals surface area contributed by atoms with Crippen LogP contribution in [0.15, 0.2) is 51.0 Å². The van der Waals surface area contributed by atoms with Crippen molar-refractivity contribution in [1.29, 1.82) is 0 Å². The molecule has 0 atom stereocenters. The molecule has 1 amide bonds. The van der Waals surface area contributed by atoms with Gasteiger partial charge in [-0.2, -0.15) is 0 Å². The van der Waals surface area contributed by atoms with E-state index in [0.29, 0.717) is 10.8 Å². The van der Waals surface area contributed by atoms with Crippen LogP contribution < -0.4 is 5.32 Å². The summed E-state index contributed by atoms with van der Waals surface area (Å²) in [5.41, 5.74) is 1.05. The molecule has 0 unspecified atom stereocenters. The number of benzene rings is 1. The van der Waals surface area contributed by atoms with Gasteiger partial charge in [-0.1, -0.05) is 53.9 Å². The van der Waals surface area contributed by atoms with Gasteiger partial charge in [0, 0.05) is 6.54 Å². The number of hydrogen-bond acceptors (Lipinski definition) is 5. The minimum Gasteiger partial charge on any atom is -0.462 e. The third kappa shape index (κ3) is 4.41. The van der Waals surface area contributed by atoms with Crippen molar-refractivity contribution in [1.82, 2.24) is 5.32 Å². The van der Waals surface area contributed by atoms with Crippen molar-refractivity contribution in [2.45, 2.75) is 13.5 Å². The van der Waals surface area contributed by atoms with Crippen molar-refractivity contribution in [2.24, 2.45) is 0 Å². The number of esters is 1. The van der Waals surface area contributed by atoms with E-state index in [2.05, 4.69) is 5.32 Å². The summed E-state index contributed by atoms with van der Waals surface area (Å²) in [5, 5.41) is 6.44. The third-order valence-electron chi connectivity index (χ3n) is 2.61. The minimum atomic E-state index is -0.582. The number of thioether (sulfide) groups is 2. The predicted molar refractivity (Wildman–Crippen MR) is 86.3 cm³/mol. The Morgan fingerprint density at radius 1 is 1.14 bits per heavy atom. The smallest absolute Gasteiger partial charge is 0.345 e. The highest BCUT2D eigenvalue weighted by molar-refractivity contribution is 8.27. The van der Waals surface area contributed by atoms with Gasteiger partial charge in [0.2, 0.25) is 0 Å². The first-order chi connectivity index (χ1) is 10.2. The van der Waals surface area contributed by atoms with Gasteiger partial charge in [0.05, 0.1) is 10.8 Å². The molecule has 2 rings (SSSR count). The van der Waals surface area contributed by atoms with Crippen molar-refractivity contribution in [3.63, 3.8) is 0 Å². The number of ether oxygens (including phenoxy) is 1. The Bertz CT molecular complexity index is 572. The van der Waals surface area contributed by atoms with Crippen molar-refractivity contribution < 1.29 is 14.3 Å². The zero-order chi connectivity index (χ0) is 15.1. The average molecular weight is 321 g/mol. The number of carbonyl (C=O) groups excluding carboxylic acids is 2. The first-order valence-corrected chi connectivity index (χ1v) is 8.20. The molecule has 0 saturated carbocycles. The molecular weight excluding hydrogens is 306 g/mol. The van der Waals surface area contributed by atoms with E-state index in [0.717, 1.165) is 5.56 Å². The van der Waals surface area contributed by atoms with Gasteiger partial charge >= 0.3 is 5.97 Å². The molecule has 1 N–H and O–H groups in total. The Hall–Kier alpha value is -1.66. The normalized spacial score (nSPS) is 13.1. The Balaban J connectivity index is 2.08. The highest BCUT2D eigenvalue weighted by Crippen LogP contribution is 2.40. The number of nitrogens with one attached hydrogen (secondary N) is 1. The van der Waals surface area contributed by atoms with Crippen molar-refractivity contribution in [3.05, 3.63) is 56.5 Å². The summed E-state index contributed by atoms with van der Waals surface area (Å²) in [7, 11) is 0. The van der Waals surface area contributed by atoms with Crippen LogP contribution in [0.25, 0.3) is 0 Å². The molecule has 0 bridgehead atoms. The topological polar surface area (TPSA) is 55.4 Å². The van der Waals surface area contributed by atoms with Gasteiger partial charge in [0.15, 0.2) is 0 Å². The molecule has 0 radical (unpaired) electrons. The second-order valence-corrected chi connectivity index (χ2v) is 6.15. The molecule has 4 nitrogen and oxygen atoms in total. The molecule has 6 heteroatoms. The third-order valence-corrected chi connectivity index (χ3v) is 4.74. The van der Waals surface area contributed by atoms with Crippen LogP contribution in [0.5, 0.6) is 0 Å². The number of carbonyl (C=O) groups is 2. The fourth-order valence-electron chi connectivity index (χ4n) is 1.66. The van der Waals surface area contributed by atoms with Gasteiger partial charge in [0.1, 0.15) is 5.57 Å². The van der Waals surface area contributed by atoms with Gasteiger partial charge in [-0.25, -0.2) is 4.79 Å². The zero-order valence-electron chi connectivity index (χ0n) is 11.5. The summed E-state index contributed by atoms with van der Waals surface area (Å²) in [5.74, 6) is -0.988. The largest absolute Gasteiger partial charge is 0.462 e. The minimum absolute atomic E-state index is 0.0766. The van der Waals surface area contributed by atoms with Gasteiger partial charge in [-0.05, 0) is 23.3 Å². The summed E-state index contributed by atoms with van der Waals surface area (Å²) >= 11 is 2.71. The van der Waals surface area contributed by atoms with E-state index in [9.17, 15) is 9.59 Å². The van der Waals surface area contributed by atoms with Gasteiger partial charge in [0.25, 0.3) is 5.91 Å². The summed E-state index contributed by atoms with van der Waals surface area (Å²) in [6.45, 7) is 2.33. The lowest BCUT2D eigenvalue weighted by atomic mass is 10.2. The lowest BCUT2D eigenvalue weighted by Gasteiger charge is -2.10. The van der Waals surface area contributed by atoms with E-state index >= 15 is 0 Å². The molecule has 1 aromatic rings. The van der Waals surface area contributed by atoms with Crippen molar-refractivity contribution in [3.8, 4) is 0 Å². The highest BCUT2D eigenvalue weighted by atomic mass is 32.2. The maximum absolute atomic E-state index is 12.3. The van der Waals surface area contributed by atoms with Crippen LogP contribution in [0.1, 0.15) is 12.5 Å². The zero-order valence-corrected chi connectivity index (χ0v) is 13.1. The quantitative estimate of drug-likeness (QED) is 0.391. The lowest BCUT2D eigenvalue weighted by Crippen LogP contribution is -2.29. The first-order valence-electron chi connectivity index (χ1n) is 6.44. The van der Waals surface area contributed by atoms with E-state index < -0.39 is 11.9 Å². The van der Waals surface area contributed by atoms with Gasteiger partial charge in [-0.15, -0.1) is 0 Å². The van der Waals surface area contributed by atoms with Crippen molar-refractivity contribution >= 4 is 35.4 Å². The fraction of sp³-hybridized carbons (Fsp3) is 0.200. The van der Waals surface area contributed by atoms with E-state index in [-0.39, 0.29) is 12.2 Å². The van der Waals surface area contributed by atoms with Gasteiger partial charge in [-0.3, -0.25) is 4.79 Å². The maximum atomic E-state index is 12.3. The molecule has 1 aliphatic rings. The van der Waals surface area contributed by atoms with E-state index in [1.807, 2.05) is 41.1 Å². The Morgan fingerprint density at radius 3 is 2.43 bits per heavy atom. The first kappa shape index (κ1) is 15.7. The standard InChI is InChI=1S/C15H15NO3S2/c1-2-19-14(18)12(15-20-8-9-21-15)13(17)16-10-11-6-4-3-5-7-11/h3-9H,2,10H2,1H3,(H,16,17). The number of hydrogen-bond donors (Lipinski definition) is 1. The van der Waals surface area contributed by atoms with E-state index in [4.69, 9.17) is 4.74 Å². The van der Waals surface area contributed by atoms with Gasteiger partial charge < -0.3 is 10.1 Å². The molecule has 1 heterocycles. The molecular formula is C15H15NO3S2. The number of amides is 1. The molecule has 0 aromatic heterocycles. The predicted octanol–water partition coefficient (Wildman–Crippen LogP) is 3.03. The summed E-state index contributed by atoms with van der Waals surface area (Å²) in [6, 6.07) is 9.54. The Kier molecular flexibility index (Phi) is 5.95. The molecule has 21 heavy (non-hydrogen) atoms. The monoisotopic (exact) mass is 321 g/mol. The highest BCUT2D eigenvalue weighted by Gasteiger charge is 2.25. The van der Waals surface area contributed by atoms with E-state index in [1.165, 1.54) is 23.5 Å². The maximum Gasteiger partial charge on any atom is 0.345 e. The van der Waals surface area contributed by atoms with Crippen molar-refractivity contribution in [2.75, 3.05) is 6.61 Å². The van der Waals surface area contributed by atoms with Crippen LogP contribution in [0.2, 0.25) is 0 Å². The molecule has 1 aromatic carbocycles. The number of rotatable bonds is 5. The molecule has 110 valence electrons. The molecule has 1 aliphatic heterocycles. The summed E-state index contributed by atoms with van der Waals surface area (Å²) < 4.78 is 5.63. The van der Waals surface area contributed by atoms with E-state index in [1.54, 1.807) is 6.92 Å². The van der Waals surface area contributed by atoms with Crippen LogP contribution in [-0.4, -0.2) is 18.5 Å². The molecule has 0 saturated heterocycles.